The number of carbonyl (C=O) groups is 1. The van der Waals surface area contributed by atoms with Gasteiger partial charge >= 0.3 is 0 Å². The number of hydrogen-bond donors (Lipinski definition) is 1. The second-order valence-electron chi connectivity index (χ2n) is 5.26. The minimum absolute atomic E-state index is 0.0184. The highest BCUT2D eigenvalue weighted by molar-refractivity contribution is 9.10. The fourth-order valence-corrected chi connectivity index (χ4v) is 2.85. The van der Waals surface area contributed by atoms with Gasteiger partial charge in [-0.15, -0.1) is 0 Å². The van der Waals surface area contributed by atoms with Crippen LogP contribution >= 0.6 is 15.9 Å². The average Bonchev–Trinajstić information content (AvgIpc) is 2.92. The van der Waals surface area contributed by atoms with Crippen molar-refractivity contribution < 1.29 is 4.79 Å². The highest BCUT2D eigenvalue weighted by Gasteiger charge is 2.19. The molecular weight excluding hydrogens is 304 g/mol. The van der Waals surface area contributed by atoms with E-state index < -0.39 is 0 Å². The van der Waals surface area contributed by atoms with Gasteiger partial charge in [-0.2, -0.15) is 0 Å². The summed E-state index contributed by atoms with van der Waals surface area (Å²) in [5.74, 6) is 0.0184. The Bertz CT molecular complexity index is 455. The summed E-state index contributed by atoms with van der Waals surface area (Å²) in [5.41, 5.74) is 1.76. The number of nitrogens with zero attached hydrogens (tertiary/aromatic N) is 1. The van der Waals surface area contributed by atoms with Crippen LogP contribution < -0.4 is 5.32 Å². The Morgan fingerprint density at radius 2 is 2.11 bits per heavy atom. The molecule has 1 aromatic carbocycles. The van der Waals surface area contributed by atoms with E-state index in [-0.39, 0.29) is 5.91 Å². The highest BCUT2D eigenvalue weighted by atomic mass is 79.9. The monoisotopic (exact) mass is 324 g/mol. The third kappa shape index (κ3) is 3.80. The topological polar surface area (TPSA) is 32.3 Å². The van der Waals surface area contributed by atoms with Gasteiger partial charge in [0.2, 0.25) is 0 Å². The van der Waals surface area contributed by atoms with Crippen LogP contribution in [0.5, 0.6) is 0 Å². The number of rotatable bonds is 4. The van der Waals surface area contributed by atoms with Crippen molar-refractivity contribution in [3.63, 3.8) is 0 Å². The molecule has 0 spiro atoms. The molecule has 1 aromatic rings. The Labute approximate surface area is 123 Å². The third-order valence-electron chi connectivity index (χ3n) is 3.77. The van der Waals surface area contributed by atoms with Gasteiger partial charge in [-0.1, -0.05) is 22.0 Å². The Kier molecular flexibility index (Phi) is 4.99. The lowest BCUT2D eigenvalue weighted by atomic mass is 10.1. The van der Waals surface area contributed by atoms with Crippen LogP contribution in [0.2, 0.25) is 0 Å². The van der Waals surface area contributed by atoms with Crippen molar-refractivity contribution in [3.8, 4) is 0 Å². The molecule has 3 nitrogen and oxygen atoms in total. The summed E-state index contributed by atoms with van der Waals surface area (Å²) in [7, 11) is 0. The van der Waals surface area contributed by atoms with Crippen LogP contribution in [0.3, 0.4) is 0 Å². The number of hydrogen-bond acceptors (Lipinski definition) is 2. The molecule has 0 radical (unpaired) electrons. The molecule has 0 aliphatic carbocycles. The van der Waals surface area contributed by atoms with E-state index in [0.29, 0.717) is 12.6 Å². The zero-order chi connectivity index (χ0) is 13.8. The minimum atomic E-state index is 0.0184. The van der Waals surface area contributed by atoms with Gasteiger partial charge in [0.15, 0.2) is 0 Å². The number of halogens is 1. The maximum Gasteiger partial charge on any atom is 0.251 e. The molecule has 1 unspecified atom stereocenters. The Hall–Kier alpha value is -0.870. The molecule has 1 atom stereocenters. The molecule has 1 saturated heterocycles. The van der Waals surface area contributed by atoms with Gasteiger partial charge in [0.25, 0.3) is 5.91 Å². The summed E-state index contributed by atoms with van der Waals surface area (Å²) >= 11 is 3.41. The second-order valence-corrected chi connectivity index (χ2v) is 6.18. The first-order valence-electron chi connectivity index (χ1n) is 6.86. The number of likely N-dealkylation sites (tertiary alicyclic amines) is 1. The second kappa shape index (κ2) is 6.53. The van der Waals surface area contributed by atoms with Crippen molar-refractivity contribution in [1.29, 1.82) is 0 Å². The highest BCUT2D eigenvalue weighted by Crippen LogP contribution is 2.16. The molecule has 0 bridgehead atoms. The fraction of sp³-hybridized carbons (Fsp3) is 0.533. The first-order valence-corrected chi connectivity index (χ1v) is 7.65. The molecule has 2 rings (SSSR count). The van der Waals surface area contributed by atoms with Crippen LogP contribution in [0.15, 0.2) is 22.7 Å². The van der Waals surface area contributed by atoms with Crippen molar-refractivity contribution in [1.82, 2.24) is 10.2 Å². The van der Waals surface area contributed by atoms with E-state index >= 15 is 0 Å². The molecule has 1 aliphatic rings. The number of aryl methyl sites for hydroxylation is 1. The lowest BCUT2D eigenvalue weighted by Crippen LogP contribution is -2.40. The molecule has 1 fully saturated rings. The quantitative estimate of drug-likeness (QED) is 0.923. The van der Waals surface area contributed by atoms with E-state index in [0.717, 1.165) is 28.7 Å². The van der Waals surface area contributed by atoms with Crippen molar-refractivity contribution in [2.75, 3.05) is 19.6 Å². The van der Waals surface area contributed by atoms with Crippen LogP contribution in [0.1, 0.15) is 35.7 Å². The van der Waals surface area contributed by atoms with Gasteiger partial charge < -0.3 is 5.32 Å². The number of carbonyl (C=O) groups excluding carboxylic acids is 1. The van der Waals surface area contributed by atoms with Gasteiger partial charge in [0, 0.05) is 22.6 Å². The summed E-state index contributed by atoms with van der Waals surface area (Å²) in [4.78, 5) is 14.6. The Morgan fingerprint density at radius 3 is 2.79 bits per heavy atom. The summed E-state index contributed by atoms with van der Waals surface area (Å²) in [6.45, 7) is 7.18. The van der Waals surface area contributed by atoms with E-state index in [1.165, 1.54) is 12.8 Å². The minimum Gasteiger partial charge on any atom is -0.350 e. The molecule has 0 aromatic heterocycles. The lowest BCUT2D eigenvalue weighted by molar-refractivity contribution is 0.0939. The SMILES string of the molecule is Cc1ccc(Br)cc1C(=O)NCC(C)N1CCCC1. The predicted octanol–water partition coefficient (Wildman–Crippen LogP) is 2.97. The fourth-order valence-electron chi connectivity index (χ4n) is 2.49. The summed E-state index contributed by atoms with van der Waals surface area (Å²) in [6, 6.07) is 6.21. The maximum absolute atomic E-state index is 12.2. The summed E-state index contributed by atoms with van der Waals surface area (Å²) in [5, 5.41) is 3.04. The van der Waals surface area contributed by atoms with Crippen LogP contribution in [-0.4, -0.2) is 36.5 Å². The molecular formula is C15H21BrN2O. The van der Waals surface area contributed by atoms with Gasteiger partial charge in [-0.3, -0.25) is 9.69 Å². The molecule has 1 heterocycles. The molecule has 1 aliphatic heterocycles. The Balaban J connectivity index is 1.91. The smallest absolute Gasteiger partial charge is 0.251 e. The summed E-state index contributed by atoms with van der Waals surface area (Å²) < 4.78 is 0.941. The Morgan fingerprint density at radius 1 is 1.42 bits per heavy atom. The normalized spacial score (nSPS) is 17.4. The van der Waals surface area contributed by atoms with E-state index in [2.05, 4.69) is 33.1 Å². The number of nitrogens with one attached hydrogen (secondary N) is 1. The van der Waals surface area contributed by atoms with E-state index in [4.69, 9.17) is 0 Å². The van der Waals surface area contributed by atoms with E-state index in [9.17, 15) is 4.79 Å². The third-order valence-corrected chi connectivity index (χ3v) is 4.26. The van der Waals surface area contributed by atoms with Gasteiger partial charge in [0.1, 0.15) is 0 Å². The van der Waals surface area contributed by atoms with Crippen LogP contribution in [0.25, 0.3) is 0 Å². The molecule has 1 amide bonds. The van der Waals surface area contributed by atoms with Gasteiger partial charge in [-0.05, 0) is 57.5 Å². The molecule has 1 N–H and O–H groups in total. The summed E-state index contributed by atoms with van der Waals surface area (Å²) in [6.07, 6.45) is 2.56. The zero-order valence-electron chi connectivity index (χ0n) is 11.6. The van der Waals surface area contributed by atoms with Crippen LogP contribution in [-0.2, 0) is 0 Å². The van der Waals surface area contributed by atoms with Crippen molar-refractivity contribution in [3.05, 3.63) is 33.8 Å². The van der Waals surface area contributed by atoms with Crippen molar-refractivity contribution >= 4 is 21.8 Å². The number of benzene rings is 1. The zero-order valence-corrected chi connectivity index (χ0v) is 13.2. The lowest BCUT2D eigenvalue weighted by Gasteiger charge is -2.24. The van der Waals surface area contributed by atoms with Gasteiger partial charge in [-0.25, -0.2) is 0 Å². The number of amides is 1. The molecule has 19 heavy (non-hydrogen) atoms. The van der Waals surface area contributed by atoms with Crippen molar-refractivity contribution in [2.45, 2.75) is 32.7 Å². The maximum atomic E-state index is 12.2. The molecule has 0 saturated carbocycles. The molecule has 4 heteroatoms. The van der Waals surface area contributed by atoms with Crippen LogP contribution in [0, 0.1) is 6.92 Å². The first-order chi connectivity index (χ1) is 9.08. The predicted molar refractivity (Wildman–Crippen MR) is 81.5 cm³/mol. The standard InChI is InChI=1S/C15H21BrN2O/c1-11-5-6-13(16)9-14(11)15(19)17-10-12(2)18-7-3-4-8-18/h5-6,9,12H,3-4,7-8,10H2,1-2H3,(H,17,19). The van der Waals surface area contributed by atoms with Crippen LogP contribution in [0.4, 0.5) is 0 Å². The van der Waals surface area contributed by atoms with Crippen molar-refractivity contribution in [2.24, 2.45) is 0 Å². The largest absolute Gasteiger partial charge is 0.350 e. The van der Waals surface area contributed by atoms with E-state index in [1.54, 1.807) is 0 Å². The van der Waals surface area contributed by atoms with Gasteiger partial charge in [0.05, 0.1) is 0 Å². The molecule has 104 valence electrons. The van der Waals surface area contributed by atoms with E-state index in [1.807, 2.05) is 25.1 Å². The average molecular weight is 325 g/mol. The first kappa shape index (κ1) is 14.5.